The van der Waals surface area contributed by atoms with Gasteiger partial charge in [-0.2, -0.15) is 0 Å². The summed E-state index contributed by atoms with van der Waals surface area (Å²) < 4.78 is 5.87. The number of aromatic nitrogens is 2. The van der Waals surface area contributed by atoms with Gasteiger partial charge < -0.3 is 15.8 Å². The first-order chi connectivity index (χ1) is 14.5. The van der Waals surface area contributed by atoms with Gasteiger partial charge in [-0.15, -0.1) is 0 Å². The molecule has 0 saturated heterocycles. The van der Waals surface area contributed by atoms with E-state index in [-0.39, 0.29) is 0 Å². The molecule has 3 aromatic rings. The van der Waals surface area contributed by atoms with Crippen LogP contribution in [0.5, 0.6) is 5.88 Å². The van der Waals surface area contributed by atoms with Gasteiger partial charge in [0.2, 0.25) is 18.2 Å². The Morgan fingerprint density at radius 1 is 1.17 bits per heavy atom. The molecule has 9 nitrogen and oxygen atoms in total. The van der Waals surface area contributed by atoms with Crippen molar-refractivity contribution in [3.63, 3.8) is 0 Å². The first kappa shape index (κ1) is 22.3. The number of hydrazine groups is 1. The molecule has 0 saturated carbocycles. The summed E-state index contributed by atoms with van der Waals surface area (Å²) in [4.78, 5) is 29.0. The molecule has 0 atom stereocenters. The van der Waals surface area contributed by atoms with Gasteiger partial charge in [0.15, 0.2) is 0 Å². The van der Waals surface area contributed by atoms with Crippen LogP contribution in [0.4, 0.5) is 5.69 Å². The Kier molecular flexibility index (Phi) is 8.27. The van der Waals surface area contributed by atoms with Crippen molar-refractivity contribution in [1.29, 1.82) is 0 Å². The molecule has 0 aliphatic rings. The van der Waals surface area contributed by atoms with Gasteiger partial charge in [0.25, 0.3) is 0 Å². The summed E-state index contributed by atoms with van der Waals surface area (Å²) in [7, 11) is 1.88. The van der Waals surface area contributed by atoms with Crippen LogP contribution in [0.25, 0.3) is 11.3 Å². The third kappa shape index (κ3) is 5.76. The second kappa shape index (κ2) is 11.1. The Labute approximate surface area is 174 Å². The highest BCUT2D eigenvalue weighted by Crippen LogP contribution is 2.25. The lowest BCUT2D eigenvalue weighted by Gasteiger charge is -2.13. The van der Waals surface area contributed by atoms with E-state index in [4.69, 9.17) is 15.3 Å². The molecule has 2 amide bonds. The van der Waals surface area contributed by atoms with Crippen LogP contribution in [0.3, 0.4) is 0 Å². The molecule has 2 aromatic carbocycles. The predicted octanol–water partition coefficient (Wildman–Crippen LogP) is 1.78. The van der Waals surface area contributed by atoms with Gasteiger partial charge in [-0.25, -0.2) is 15.8 Å². The third-order valence-corrected chi connectivity index (χ3v) is 4.22. The first-order valence-electron chi connectivity index (χ1n) is 9.01. The third-order valence-electron chi connectivity index (χ3n) is 4.22. The van der Waals surface area contributed by atoms with E-state index in [1.165, 1.54) is 6.33 Å². The number of primary amides is 1. The summed E-state index contributed by atoms with van der Waals surface area (Å²) in [5, 5.41) is 3.17. The lowest BCUT2D eigenvalue weighted by molar-refractivity contribution is -0.109. The van der Waals surface area contributed by atoms with Gasteiger partial charge in [-0.05, 0) is 24.6 Å². The molecule has 6 N–H and O–H groups in total. The number of rotatable bonds is 7. The molecular formula is C21H24N6O3. The molecule has 3 rings (SSSR count). The SMILES string of the molecule is CNc1cccc(C)c1COc1cc(-c2ccccc2C(N)=O)ncn1.NNC=O. The number of anilines is 1. The number of amides is 2. The van der Waals surface area contributed by atoms with Crippen LogP contribution in [0.2, 0.25) is 0 Å². The predicted molar refractivity (Wildman–Crippen MR) is 114 cm³/mol. The molecule has 0 aliphatic carbocycles. The van der Waals surface area contributed by atoms with E-state index in [2.05, 4.69) is 21.1 Å². The summed E-state index contributed by atoms with van der Waals surface area (Å²) in [6.45, 7) is 2.41. The van der Waals surface area contributed by atoms with E-state index < -0.39 is 5.91 Å². The van der Waals surface area contributed by atoms with Crippen LogP contribution in [-0.4, -0.2) is 29.3 Å². The van der Waals surface area contributed by atoms with Gasteiger partial charge in [-0.1, -0.05) is 30.3 Å². The number of nitrogens with one attached hydrogen (secondary N) is 2. The first-order valence-corrected chi connectivity index (χ1v) is 9.01. The number of nitrogens with zero attached hydrogens (tertiary/aromatic N) is 2. The van der Waals surface area contributed by atoms with Crippen molar-refractivity contribution in [1.82, 2.24) is 15.4 Å². The van der Waals surface area contributed by atoms with Crippen LogP contribution in [-0.2, 0) is 11.4 Å². The minimum atomic E-state index is -0.500. The molecule has 0 aliphatic heterocycles. The molecule has 9 heteroatoms. The molecule has 0 fully saturated rings. The Balaban J connectivity index is 0.000000735. The lowest BCUT2D eigenvalue weighted by Crippen LogP contribution is -2.18. The largest absolute Gasteiger partial charge is 0.473 e. The molecule has 1 aromatic heterocycles. The van der Waals surface area contributed by atoms with Crippen LogP contribution >= 0.6 is 0 Å². The highest BCUT2D eigenvalue weighted by atomic mass is 16.5. The van der Waals surface area contributed by atoms with Crippen LogP contribution in [0.1, 0.15) is 21.5 Å². The van der Waals surface area contributed by atoms with Gasteiger partial charge in [0.05, 0.1) is 5.69 Å². The zero-order valence-corrected chi connectivity index (χ0v) is 16.8. The maximum atomic E-state index is 11.6. The lowest BCUT2D eigenvalue weighted by atomic mass is 10.0. The molecule has 156 valence electrons. The second-order valence-corrected chi connectivity index (χ2v) is 6.08. The number of benzene rings is 2. The summed E-state index contributed by atoms with van der Waals surface area (Å²) in [5.41, 5.74) is 12.1. The van der Waals surface area contributed by atoms with Gasteiger partial charge >= 0.3 is 0 Å². The number of carbonyl (C=O) groups excluding carboxylic acids is 2. The van der Waals surface area contributed by atoms with E-state index in [1.54, 1.807) is 29.7 Å². The minimum Gasteiger partial charge on any atom is -0.473 e. The topological polar surface area (TPSA) is 145 Å². The Morgan fingerprint density at radius 3 is 2.57 bits per heavy atom. The minimum absolute atomic E-state index is 0.372. The van der Waals surface area contributed by atoms with Crippen molar-refractivity contribution < 1.29 is 14.3 Å². The zero-order chi connectivity index (χ0) is 21.9. The molecule has 30 heavy (non-hydrogen) atoms. The monoisotopic (exact) mass is 408 g/mol. The summed E-state index contributed by atoms with van der Waals surface area (Å²) >= 11 is 0. The quantitative estimate of drug-likeness (QED) is 0.202. The normalized spacial score (nSPS) is 9.70. The maximum Gasteiger partial charge on any atom is 0.249 e. The molecule has 0 bridgehead atoms. The van der Waals surface area contributed by atoms with E-state index >= 15 is 0 Å². The fraction of sp³-hybridized carbons (Fsp3) is 0.143. The average molecular weight is 408 g/mol. The summed E-state index contributed by atoms with van der Waals surface area (Å²) in [6, 6.07) is 14.8. The number of nitrogens with two attached hydrogens (primary N) is 2. The van der Waals surface area contributed by atoms with Gasteiger partial charge in [-0.3, -0.25) is 15.0 Å². The molecule has 0 unspecified atom stereocenters. The van der Waals surface area contributed by atoms with Gasteiger partial charge in [0.1, 0.15) is 12.9 Å². The van der Waals surface area contributed by atoms with Crippen molar-refractivity contribution in [3.8, 4) is 17.1 Å². The standard InChI is InChI=1S/C20H20N4O2.CH4N2O/c1-13-6-5-9-17(22-2)16(13)11-26-19-10-18(23-12-24-19)14-7-3-4-8-15(14)20(21)25;2-3-1-4/h3-10,12,22H,11H2,1-2H3,(H2,21,25);1H,2H2,(H,3,4). The van der Waals surface area contributed by atoms with E-state index in [0.717, 1.165) is 16.8 Å². The summed E-state index contributed by atoms with van der Waals surface area (Å²) in [6.07, 6.45) is 1.82. The van der Waals surface area contributed by atoms with E-state index in [0.29, 0.717) is 35.7 Å². The molecule has 1 heterocycles. The van der Waals surface area contributed by atoms with Crippen molar-refractivity contribution in [3.05, 3.63) is 71.5 Å². The van der Waals surface area contributed by atoms with Crippen LogP contribution in [0, 0.1) is 6.92 Å². The second-order valence-electron chi connectivity index (χ2n) is 6.08. The smallest absolute Gasteiger partial charge is 0.249 e. The highest BCUT2D eigenvalue weighted by molar-refractivity contribution is 5.99. The number of hydrogen-bond acceptors (Lipinski definition) is 7. The Morgan fingerprint density at radius 2 is 1.90 bits per heavy atom. The fourth-order valence-electron chi connectivity index (χ4n) is 2.76. The maximum absolute atomic E-state index is 11.6. The van der Waals surface area contributed by atoms with Crippen molar-refractivity contribution >= 4 is 18.0 Å². The van der Waals surface area contributed by atoms with Crippen LogP contribution < -0.4 is 27.1 Å². The molecule has 0 spiro atoms. The van der Waals surface area contributed by atoms with Crippen molar-refractivity contribution in [2.45, 2.75) is 13.5 Å². The average Bonchev–Trinajstić information content (AvgIpc) is 2.78. The highest BCUT2D eigenvalue weighted by Gasteiger charge is 2.12. The summed E-state index contributed by atoms with van der Waals surface area (Å²) in [5.74, 6) is 4.34. The van der Waals surface area contributed by atoms with Crippen LogP contribution in [0.15, 0.2) is 54.9 Å². The number of hydrogen-bond donors (Lipinski definition) is 4. The Bertz CT molecular complexity index is 1010. The molecule has 0 radical (unpaired) electrons. The number of carbonyl (C=O) groups is 2. The van der Waals surface area contributed by atoms with Gasteiger partial charge in [0, 0.05) is 35.5 Å². The molecular weight excluding hydrogens is 384 g/mol. The van der Waals surface area contributed by atoms with Crippen molar-refractivity contribution in [2.75, 3.05) is 12.4 Å². The van der Waals surface area contributed by atoms with Crippen molar-refractivity contribution in [2.24, 2.45) is 11.6 Å². The zero-order valence-electron chi connectivity index (χ0n) is 16.8. The van der Waals surface area contributed by atoms with E-state index in [1.807, 2.05) is 38.2 Å². The Hall–Kier alpha value is -3.98. The number of ether oxygens (including phenoxy) is 1. The van der Waals surface area contributed by atoms with E-state index in [9.17, 15) is 4.79 Å². The fourth-order valence-corrected chi connectivity index (χ4v) is 2.76. The number of aryl methyl sites for hydroxylation is 1.